The average Bonchev–Trinajstić information content (AvgIpc) is 2.47. The summed E-state index contributed by atoms with van der Waals surface area (Å²) >= 11 is 3.47. The summed E-state index contributed by atoms with van der Waals surface area (Å²) in [7, 11) is 0. The van der Waals surface area contributed by atoms with Gasteiger partial charge in [-0.05, 0) is 41.8 Å². The first-order chi connectivity index (χ1) is 9.65. The number of rotatable bonds is 3. The first-order valence-electron chi connectivity index (χ1n) is 7.31. The number of aliphatic hydroxyl groups excluding tert-OH is 1. The topological polar surface area (TPSA) is 45.6 Å². The Morgan fingerprint density at radius 2 is 2.20 bits per heavy atom. The number of halogens is 1. The molecule has 2 atom stereocenters. The third-order valence-electron chi connectivity index (χ3n) is 4.86. The predicted molar refractivity (Wildman–Crippen MR) is 81.9 cm³/mol. The number of anilines is 1. The van der Waals surface area contributed by atoms with Gasteiger partial charge in [-0.3, -0.25) is 4.98 Å². The molecule has 2 heterocycles. The number of piperidine rings is 1. The van der Waals surface area contributed by atoms with E-state index in [4.69, 9.17) is 4.74 Å². The largest absolute Gasteiger partial charge is 0.392 e. The van der Waals surface area contributed by atoms with Crippen molar-refractivity contribution in [1.29, 1.82) is 0 Å². The lowest BCUT2D eigenvalue weighted by Crippen LogP contribution is -2.62. The van der Waals surface area contributed by atoms with Gasteiger partial charge in [-0.2, -0.15) is 0 Å². The van der Waals surface area contributed by atoms with E-state index in [2.05, 4.69) is 31.9 Å². The molecular weight excluding hydrogens is 320 g/mol. The van der Waals surface area contributed by atoms with Gasteiger partial charge >= 0.3 is 0 Å². The molecule has 1 aromatic rings. The van der Waals surface area contributed by atoms with Crippen LogP contribution in [-0.2, 0) is 4.74 Å². The van der Waals surface area contributed by atoms with Gasteiger partial charge < -0.3 is 14.7 Å². The third-order valence-corrected chi connectivity index (χ3v) is 5.29. The number of hydrogen-bond acceptors (Lipinski definition) is 4. The highest BCUT2D eigenvalue weighted by atomic mass is 79.9. The standard InChI is InChI=1S/C15H21BrN2O2/c1-2-20-14-8-13(19)15(14)3-5-18(6-4-15)12-7-11(16)9-17-10-12/h7,9-10,13-14,19H,2-6,8H2,1H3/t13-,14+/m0/s1. The van der Waals surface area contributed by atoms with E-state index in [1.165, 1.54) is 0 Å². The van der Waals surface area contributed by atoms with E-state index in [0.717, 1.165) is 49.1 Å². The smallest absolute Gasteiger partial charge is 0.0682 e. The highest BCUT2D eigenvalue weighted by Gasteiger charge is 2.56. The molecule has 0 bridgehead atoms. The van der Waals surface area contributed by atoms with Crippen LogP contribution in [0.4, 0.5) is 5.69 Å². The van der Waals surface area contributed by atoms with Crippen molar-refractivity contribution in [1.82, 2.24) is 4.98 Å². The Morgan fingerprint density at radius 1 is 1.45 bits per heavy atom. The van der Waals surface area contributed by atoms with Gasteiger partial charge in [0.2, 0.25) is 0 Å². The first-order valence-corrected chi connectivity index (χ1v) is 8.10. The van der Waals surface area contributed by atoms with Crippen LogP contribution in [0.3, 0.4) is 0 Å². The first kappa shape index (κ1) is 14.3. The molecule has 1 spiro atoms. The zero-order chi connectivity index (χ0) is 14.2. The van der Waals surface area contributed by atoms with Crippen LogP contribution in [0.2, 0.25) is 0 Å². The van der Waals surface area contributed by atoms with E-state index >= 15 is 0 Å². The van der Waals surface area contributed by atoms with Gasteiger partial charge in [-0.1, -0.05) is 0 Å². The number of nitrogens with zero attached hydrogens (tertiary/aromatic N) is 2. The Morgan fingerprint density at radius 3 is 2.80 bits per heavy atom. The lowest BCUT2D eigenvalue weighted by molar-refractivity contribution is -0.199. The van der Waals surface area contributed by atoms with Crippen LogP contribution in [0.1, 0.15) is 26.2 Å². The number of ether oxygens (including phenoxy) is 1. The zero-order valence-electron chi connectivity index (χ0n) is 11.8. The molecule has 5 heteroatoms. The highest BCUT2D eigenvalue weighted by Crippen LogP contribution is 2.51. The van der Waals surface area contributed by atoms with Gasteiger partial charge in [-0.15, -0.1) is 0 Å². The van der Waals surface area contributed by atoms with Crippen LogP contribution in [0.15, 0.2) is 22.9 Å². The Kier molecular flexibility index (Phi) is 4.02. The van der Waals surface area contributed by atoms with Crippen LogP contribution >= 0.6 is 15.9 Å². The number of aromatic nitrogens is 1. The summed E-state index contributed by atoms with van der Waals surface area (Å²) in [6, 6.07) is 2.10. The van der Waals surface area contributed by atoms with Crippen LogP contribution in [0, 0.1) is 5.41 Å². The quantitative estimate of drug-likeness (QED) is 0.918. The molecular formula is C15H21BrN2O2. The van der Waals surface area contributed by atoms with E-state index in [-0.39, 0.29) is 17.6 Å². The van der Waals surface area contributed by atoms with E-state index in [1.807, 2.05) is 13.1 Å². The predicted octanol–water partition coefficient (Wildman–Crippen LogP) is 2.60. The summed E-state index contributed by atoms with van der Waals surface area (Å²) in [5.74, 6) is 0. The molecule has 0 radical (unpaired) electrons. The normalized spacial score (nSPS) is 28.4. The average molecular weight is 341 g/mol. The van der Waals surface area contributed by atoms with Gasteiger partial charge in [0, 0.05) is 42.2 Å². The van der Waals surface area contributed by atoms with E-state index in [1.54, 1.807) is 6.20 Å². The number of aliphatic hydroxyl groups is 1. The molecule has 1 saturated carbocycles. The summed E-state index contributed by atoms with van der Waals surface area (Å²) in [6.07, 6.45) is 6.53. The van der Waals surface area contributed by atoms with E-state index in [0.29, 0.717) is 0 Å². The van der Waals surface area contributed by atoms with Crippen molar-refractivity contribution in [3.05, 3.63) is 22.9 Å². The second-order valence-electron chi connectivity index (χ2n) is 5.78. The summed E-state index contributed by atoms with van der Waals surface area (Å²) in [5.41, 5.74) is 1.14. The summed E-state index contributed by atoms with van der Waals surface area (Å²) in [5, 5.41) is 10.2. The van der Waals surface area contributed by atoms with Crippen LogP contribution in [0.5, 0.6) is 0 Å². The molecule has 1 aliphatic heterocycles. The van der Waals surface area contributed by atoms with Crippen molar-refractivity contribution in [2.45, 2.75) is 38.4 Å². The van der Waals surface area contributed by atoms with Crippen LogP contribution in [0.25, 0.3) is 0 Å². The molecule has 1 aromatic heterocycles. The summed E-state index contributed by atoms with van der Waals surface area (Å²) in [4.78, 5) is 6.57. The van der Waals surface area contributed by atoms with Crippen LogP contribution in [-0.4, -0.2) is 42.0 Å². The molecule has 1 aliphatic carbocycles. The number of pyridine rings is 1. The molecule has 1 saturated heterocycles. The summed E-state index contributed by atoms with van der Waals surface area (Å²) < 4.78 is 6.81. The monoisotopic (exact) mass is 340 g/mol. The maximum absolute atomic E-state index is 10.2. The minimum absolute atomic E-state index is 0.00799. The molecule has 0 amide bonds. The Hall–Kier alpha value is -0.650. The number of hydrogen-bond donors (Lipinski definition) is 1. The van der Waals surface area contributed by atoms with Crippen molar-refractivity contribution in [2.24, 2.45) is 5.41 Å². The fraction of sp³-hybridized carbons (Fsp3) is 0.667. The maximum atomic E-state index is 10.2. The molecule has 2 aliphatic rings. The Labute approximate surface area is 128 Å². The van der Waals surface area contributed by atoms with Gasteiger partial charge in [0.25, 0.3) is 0 Å². The maximum Gasteiger partial charge on any atom is 0.0682 e. The van der Waals surface area contributed by atoms with Gasteiger partial charge in [-0.25, -0.2) is 0 Å². The molecule has 0 aromatic carbocycles. The molecule has 4 nitrogen and oxygen atoms in total. The molecule has 0 unspecified atom stereocenters. The molecule has 3 rings (SSSR count). The Bertz CT molecular complexity index is 473. The second kappa shape index (κ2) is 5.62. The fourth-order valence-corrected chi connectivity index (χ4v) is 3.92. The van der Waals surface area contributed by atoms with E-state index in [9.17, 15) is 5.11 Å². The van der Waals surface area contributed by atoms with E-state index < -0.39 is 0 Å². The SMILES string of the molecule is CCO[C@@H]1C[C@H](O)C12CCN(c1cncc(Br)c1)CC2. The third kappa shape index (κ3) is 2.36. The van der Waals surface area contributed by atoms with Crippen molar-refractivity contribution in [2.75, 3.05) is 24.6 Å². The minimum atomic E-state index is -0.193. The van der Waals surface area contributed by atoms with Gasteiger partial charge in [0.05, 0.1) is 24.1 Å². The summed E-state index contributed by atoms with van der Waals surface area (Å²) in [6.45, 7) is 4.68. The second-order valence-corrected chi connectivity index (χ2v) is 6.69. The lowest BCUT2D eigenvalue weighted by Gasteiger charge is -2.56. The molecule has 20 heavy (non-hydrogen) atoms. The van der Waals surface area contributed by atoms with Crippen molar-refractivity contribution in [3.8, 4) is 0 Å². The highest BCUT2D eigenvalue weighted by molar-refractivity contribution is 9.10. The lowest BCUT2D eigenvalue weighted by atomic mass is 9.58. The van der Waals surface area contributed by atoms with Gasteiger partial charge in [0.1, 0.15) is 0 Å². The zero-order valence-corrected chi connectivity index (χ0v) is 13.3. The fourth-order valence-electron chi connectivity index (χ4n) is 3.57. The van der Waals surface area contributed by atoms with Crippen LogP contribution < -0.4 is 4.90 Å². The molecule has 110 valence electrons. The Balaban J connectivity index is 1.67. The van der Waals surface area contributed by atoms with Gasteiger partial charge in [0.15, 0.2) is 0 Å². The van der Waals surface area contributed by atoms with Crippen molar-refractivity contribution >= 4 is 21.6 Å². The van der Waals surface area contributed by atoms with Crippen molar-refractivity contribution < 1.29 is 9.84 Å². The molecule has 1 N–H and O–H groups in total. The minimum Gasteiger partial charge on any atom is -0.392 e. The molecule has 2 fully saturated rings. The van der Waals surface area contributed by atoms with Crippen molar-refractivity contribution in [3.63, 3.8) is 0 Å².